The number of nitrogens with zero attached hydrogens (tertiary/aromatic N) is 2. The number of hydrogen-bond donors (Lipinski definition) is 1. The topological polar surface area (TPSA) is 32.5 Å². The summed E-state index contributed by atoms with van der Waals surface area (Å²) in [4.78, 5) is 4.16. The first-order valence-electron chi connectivity index (χ1n) is 4.92. The molecule has 3 nitrogen and oxygen atoms in total. The Hall–Kier alpha value is -0.520. The summed E-state index contributed by atoms with van der Waals surface area (Å²) in [5, 5.41) is 0. The van der Waals surface area contributed by atoms with Crippen LogP contribution in [-0.2, 0) is 0 Å². The van der Waals surface area contributed by atoms with Crippen molar-refractivity contribution >= 4 is 35.8 Å². The zero-order valence-electron chi connectivity index (χ0n) is 9.41. The van der Waals surface area contributed by atoms with Gasteiger partial charge in [-0.15, -0.1) is 0 Å². The van der Waals surface area contributed by atoms with Crippen LogP contribution < -0.4 is 15.5 Å². The van der Waals surface area contributed by atoms with Gasteiger partial charge in [-0.25, -0.2) is 0 Å². The Labute approximate surface area is 101 Å². The average Bonchev–Trinajstić information content (AvgIpc) is 2.20. The van der Waals surface area contributed by atoms with E-state index in [1.165, 1.54) is 0 Å². The van der Waals surface area contributed by atoms with Gasteiger partial charge in [0.05, 0.1) is 20.4 Å². The van der Waals surface area contributed by atoms with Crippen LogP contribution in [0.1, 0.15) is 6.42 Å². The van der Waals surface area contributed by atoms with Crippen LogP contribution in [0.25, 0.3) is 0 Å². The van der Waals surface area contributed by atoms with Gasteiger partial charge in [-0.3, -0.25) is 0 Å². The van der Waals surface area contributed by atoms with E-state index in [2.05, 4.69) is 4.90 Å². The Morgan fingerprint density at radius 2 is 1.60 bits per heavy atom. The smallest absolute Gasteiger partial charge is 0.0834 e. The SMILES string of the molecule is CN(C)c1c(N(C)CCCN)c(=S)c1=S. The maximum atomic E-state index is 5.48. The number of hydrogen-bond acceptors (Lipinski definition) is 5. The maximum absolute atomic E-state index is 5.48. The third-order valence-electron chi connectivity index (χ3n) is 2.39. The van der Waals surface area contributed by atoms with Crippen molar-refractivity contribution in [1.82, 2.24) is 0 Å². The van der Waals surface area contributed by atoms with E-state index in [1.807, 2.05) is 26.0 Å². The van der Waals surface area contributed by atoms with Gasteiger partial charge in [0.25, 0.3) is 0 Å². The zero-order valence-corrected chi connectivity index (χ0v) is 11.0. The molecule has 0 bridgehead atoms. The fraction of sp³-hybridized carbons (Fsp3) is 0.600. The quantitative estimate of drug-likeness (QED) is 0.798. The van der Waals surface area contributed by atoms with Crippen molar-refractivity contribution in [3.63, 3.8) is 0 Å². The molecule has 0 aromatic heterocycles. The Morgan fingerprint density at radius 3 is 2.07 bits per heavy atom. The number of rotatable bonds is 5. The molecule has 0 aliphatic carbocycles. The first kappa shape index (κ1) is 12.5. The zero-order chi connectivity index (χ0) is 11.6. The molecule has 15 heavy (non-hydrogen) atoms. The molecular formula is C10H17N3S2. The van der Waals surface area contributed by atoms with E-state index in [-0.39, 0.29) is 0 Å². The van der Waals surface area contributed by atoms with Gasteiger partial charge in [-0.1, -0.05) is 24.4 Å². The van der Waals surface area contributed by atoms with Crippen molar-refractivity contribution < 1.29 is 0 Å². The van der Waals surface area contributed by atoms with E-state index < -0.39 is 0 Å². The molecular weight excluding hydrogens is 226 g/mol. The second-order valence-corrected chi connectivity index (χ2v) is 4.63. The molecule has 1 rings (SSSR count). The van der Waals surface area contributed by atoms with Crippen molar-refractivity contribution in [3.8, 4) is 0 Å². The summed E-state index contributed by atoms with van der Waals surface area (Å²) in [5.41, 5.74) is 7.65. The second kappa shape index (κ2) is 5.01. The van der Waals surface area contributed by atoms with Crippen LogP contribution in [0.15, 0.2) is 0 Å². The van der Waals surface area contributed by atoms with Crippen LogP contribution in [0.3, 0.4) is 0 Å². The molecule has 2 N–H and O–H groups in total. The molecule has 0 unspecified atom stereocenters. The summed E-state index contributed by atoms with van der Waals surface area (Å²) >= 11 is 10.5. The summed E-state index contributed by atoms with van der Waals surface area (Å²) in [6.07, 6.45) is 0.968. The lowest BCUT2D eigenvalue weighted by Crippen LogP contribution is -2.26. The predicted molar refractivity (Wildman–Crippen MR) is 71.8 cm³/mol. The Balaban J connectivity index is 2.90. The average molecular weight is 243 g/mol. The van der Waals surface area contributed by atoms with Gasteiger partial charge in [0.2, 0.25) is 0 Å². The summed E-state index contributed by atoms with van der Waals surface area (Å²) in [5.74, 6) is 0. The molecule has 1 aromatic carbocycles. The van der Waals surface area contributed by atoms with Crippen molar-refractivity contribution in [2.75, 3.05) is 44.0 Å². The molecule has 0 fully saturated rings. The minimum absolute atomic E-state index is 0.701. The molecule has 0 saturated carbocycles. The Morgan fingerprint density at radius 1 is 1.07 bits per heavy atom. The van der Waals surface area contributed by atoms with E-state index >= 15 is 0 Å². The first-order chi connectivity index (χ1) is 7.00. The van der Waals surface area contributed by atoms with Crippen molar-refractivity contribution in [2.45, 2.75) is 6.42 Å². The van der Waals surface area contributed by atoms with Gasteiger partial charge < -0.3 is 15.5 Å². The molecule has 0 radical (unpaired) electrons. The molecule has 0 spiro atoms. The monoisotopic (exact) mass is 243 g/mol. The molecule has 0 aliphatic heterocycles. The highest BCUT2D eigenvalue weighted by Gasteiger charge is 2.19. The fourth-order valence-electron chi connectivity index (χ4n) is 1.58. The van der Waals surface area contributed by atoms with E-state index in [0.717, 1.165) is 33.4 Å². The van der Waals surface area contributed by atoms with Crippen LogP contribution in [0.5, 0.6) is 0 Å². The van der Waals surface area contributed by atoms with Crippen molar-refractivity contribution in [3.05, 3.63) is 9.02 Å². The lowest BCUT2D eigenvalue weighted by Gasteiger charge is -2.28. The lowest BCUT2D eigenvalue weighted by atomic mass is 10.2. The van der Waals surface area contributed by atoms with Crippen LogP contribution in [0.4, 0.5) is 11.4 Å². The largest absolute Gasteiger partial charge is 0.375 e. The molecule has 0 saturated heterocycles. The van der Waals surface area contributed by atoms with Gasteiger partial charge in [-0.05, 0) is 13.0 Å². The van der Waals surface area contributed by atoms with Gasteiger partial charge in [-0.2, -0.15) is 0 Å². The fourth-order valence-corrected chi connectivity index (χ4v) is 2.30. The third-order valence-corrected chi connectivity index (χ3v) is 3.31. The summed E-state index contributed by atoms with van der Waals surface area (Å²) in [6, 6.07) is 0. The highest BCUT2D eigenvalue weighted by atomic mass is 32.1. The van der Waals surface area contributed by atoms with Crippen LogP contribution in [-0.4, -0.2) is 34.2 Å². The van der Waals surface area contributed by atoms with Crippen LogP contribution in [0, 0.1) is 9.02 Å². The molecule has 0 atom stereocenters. The highest BCUT2D eigenvalue weighted by molar-refractivity contribution is 7.74. The molecule has 84 valence electrons. The van der Waals surface area contributed by atoms with Crippen molar-refractivity contribution in [2.24, 2.45) is 5.73 Å². The molecule has 0 amide bonds. The predicted octanol–water partition coefficient (Wildman–Crippen LogP) is 1.87. The minimum Gasteiger partial charge on any atom is -0.375 e. The number of anilines is 2. The summed E-state index contributed by atoms with van der Waals surface area (Å²) in [6.45, 7) is 1.62. The van der Waals surface area contributed by atoms with Gasteiger partial charge in [0, 0.05) is 27.7 Å². The maximum Gasteiger partial charge on any atom is 0.0834 e. The third kappa shape index (κ3) is 2.35. The Kier molecular flexibility index (Phi) is 4.19. The van der Waals surface area contributed by atoms with Crippen LogP contribution in [0.2, 0.25) is 0 Å². The minimum atomic E-state index is 0.701. The molecule has 1 aromatic rings. The van der Waals surface area contributed by atoms with E-state index in [0.29, 0.717) is 6.54 Å². The lowest BCUT2D eigenvalue weighted by molar-refractivity contribution is 0.791. The summed E-state index contributed by atoms with van der Waals surface area (Å²) < 4.78 is 1.62. The second-order valence-electron chi connectivity index (χ2n) is 3.81. The molecule has 5 heteroatoms. The van der Waals surface area contributed by atoms with Crippen molar-refractivity contribution in [1.29, 1.82) is 0 Å². The van der Waals surface area contributed by atoms with Crippen LogP contribution >= 0.6 is 24.4 Å². The summed E-state index contributed by atoms with van der Waals surface area (Å²) in [7, 11) is 6.00. The Bertz CT molecular complexity index is 405. The first-order valence-corrected chi connectivity index (χ1v) is 5.74. The van der Waals surface area contributed by atoms with E-state index in [9.17, 15) is 0 Å². The van der Waals surface area contributed by atoms with Gasteiger partial charge in [0.15, 0.2) is 0 Å². The van der Waals surface area contributed by atoms with E-state index in [4.69, 9.17) is 30.2 Å². The normalized spacial score (nSPS) is 10.7. The molecule has 0 heterocycles. The van der Waals surface area contributed by atoms with Gasteiger partial charge in [0.1, 0.15) is 0 Å². The molecule has 0 aliphatic rings. The van der Waals surface area contributed by atoms with E-state index in [1.54, 1.807) is 0 Å². The van der Waals surface area contributed by atoms with Gasteiger partial charge >= 0.3 is 0 Å². The standard InChI is InChI=1S/C10H17N3S2/c1-12(2)7-8(10(15)9(7)14)13(3)6-4-5-11/h4-6,11H2,1-3H3. The number of nitrogens with two attached hydrogens (primary N) is 1. The highest BCUT2D eigenvalue weighted by Crippen LogP contribution is 2.36.